The van der Waals surface area contributed by atoms with Crippen LogP contribution in [0.25, 0.3) is 0 Å². The Kier molecular flexibility index (Phi) is 5.83. The van der Waals surface area contributed by atoms with Gasteiger partial charge < -0.3 is 24.4 Å². The molecule has 0 aliphatic carbocycles. The Morgan fingerprint density at radius 3 is 2.42 bits per heavy atom. The number of aromatic nitrogens is 3. The first-order chi connectivity index (χ1) is 15.1. The number of hydrogen-bond acceptors (Lipinski definition) is 8. The second-order valence-corrected chi connectivity index (χ2v) is 6.92. The molecule has 0 spiro atoms. The van der Waals surface area contributed by atoms with Crippen LogP contribution >= 0.6 is 0 Å². The molecule has 0 saturated carbocycles. The Balaban J connectivity index is 1.52. The van der Waals surface area contributed by atoms with Crippen molar-refractivity contribution in [1.82, 2.24) is 19.9 Å². The van der Waals surface area contributed by atoms with Gasteiger partial charge in [0.2, 0.25) is 11.7 Å². The smallest absolute Gasteiger partial charge is 0.254 e. The van der Waals surface area contributed by atoms with Crippen LogP contribution in [0.15, 0.2) is 42.9 Å². The molecule has 0 bridgehead atoms. The highest BCUT2D eigenvalue weighted by Gasteiger charge is 2.23. The van der Waals surface area contributed by atoms with Crippen LogP contribution in [-0.2, 0) is 13.0 Å². The van der Waals surface area contributed by atoms with Crippen LogP contribution < -0.4 is 19.5 Å². The van der Waals surface area contributed by atoms with Gasteiger partial charge in [0.05, 0.1) is 27.0 Å². The first kappa shape index (κ1) is 20.4. The molecule has 0 atom stereocenters. The fourth-order valence-corrected chi connectivity index (χ4v) is 3.51. The van der Waals surface area contributed by atoms with Crippen LogP contribution in [0, 0.1) is 0 Å². The largest absolute Gasteiger partial charge is 0.493 e. The maximum atomic E-state index is 12.7. The van der Waals surface area contributed by atoms with Gasteiger partial charge in [-0.1, -0.05) is 0 Å². The van der Waals surface area contributed by atoms with Crippen molar-refractivity contribution >= 4 is 17.5 Å². The van der Waals surface area contributed by atoms with E-state index in [9.17, 15) is 4.79 Å². The number of ether oxygens (including phenoxy) is 3. The number of benzene rings is 1. The Bertz CT molecular complexity index is 1070. The normalized spacial score (nSPS) is 12.7. The van der Waals surface area contributed by atoms with E-state index in [4.69, 9.17) is 14.2 Å². The minimum absolute atomic E-state index is 0.0207. The van der Waals surface area contributed by atoms with Gasteiger partial charge in [-0.15, -0.1) is 0 Å². The van der Waals surface area contributed by atoms with Crippen LogP contribution in [-0.4, -0.2) is 53.6 Å². The van der Waals surface area contributed by atoms with Crippen LogP contribution in [0.4, 0.5) is 11.6 Å². The molecule has 4 rings (SSSR count). The maximum Gasteiger partial charge on any atom is 0.254 e. The second-order valence-electron chi connectivity index (χ2n) is 6.92. The first-order valence-electron chi connectivity index (χ1n) is 9.74. The van der Waals surface area contributed by atoms with Crippen molar-refractivity contribution in [3.8, 4) is 17.2 Å². The molecule has 0 radical (unpaired) electrons. The Morgan fingerprint density at radius 1 is 1.06 bits per heavy atom. The van der Waals surface area contributed by atoms with E-state index >= 15 is 0 Å². The molecule has 1 N–H and O–H groups in total. The van der Waals surface area contributed by atoms with Crippen LogP contribution in [0.1, 0.15) is 21.6 Å². The number of pyridine rings is 1. The summed E-state index contributed by atoms with van der Waals surface area (Å²) < 4.78 is 16.1. The average molecular weight is 421 g/mol. The predicted molar refractivity (Wildman–Crippen MR) is 114 cm³/mol. The van der Waals surface area contributed by atoms with E-state index < -0.39 is 0 Å². The molecule has 1 aromatic carbocycles. The monoisotopic (exact) mass is 421 g/mol. The third-order valence-electron chi connectivity index (χ3n) is 5.07. The van der Waals surface area contributed by atoms with Gasteiger partial charge >= 0.3 is 0 Å². The van der Waals surface area contributed by atoms with Gasteiger partial charge in [0, 0.05) is 67.0 Å². The minimum Gasteiger partial charge on any atom is -0.493 e. The molecular weight excluding hydrogens is 398 g/mol. The van der Waals surface area contributed by atoms with Gasteiger partial charge in [-0.05, 0) is 12.1 Å². The number of nitrogens with zero attached hydrogens (tertiary/aromatic N) is 4. The number of hydrogen-bond donors (Lipinski definition) is 1. The van der Waals surface area contributed by atoms with E-state index in [2.05, 4.69) is 20.3 Å². The fraction of sp³-hybridized carbons (Fsp3) is 0.273. The molecule has 9 nitrogen and oxygen atoms in total. The average Bonchev–Trinajstić information content (AvgIpc) is 2.83. The highest BCUT2D eigenvalue weighted by atomic mass is 16.5. The zero-order chi connectivity index (χ0) is 21.8. The van der Waals surface area contributed by atoms with E-state index in [1.165, 1.54) is 0 Å². The number of carbonyl (C=O) groups is 1. The summed E-state index contributed by atoms with van der Waals surface area (Å²) in [5.74, 6) is 2.02. The van der Waals surface area contributed by atoms with Crippen molar-refractivity contribution in [2.45, 2.75) is 13.0 Å². The summed E-state index contributed by atoms with van der Waals surface area (Å²) in [6.45, 7) is 1.07. The standard InChI is InChI=1S/C22H23N5O4/c1-29-18-10-16(11-19(30-2)20(18)31-3)25-22-24-12-15-13-27(9-6-17(15)26-22)21(28)14-4-7-23-8-5-14/h4-5,7-8,10-12H,6,9,13H2,1-3H3,(H,24,25,26). The highest BCUT2D eigenvalue weighted by molar-refractivity contribution is 5.94. The fourth-order valence-electron chi connectivity index (χ4n) is 3.51. The van der Waals surface area contributed by atoms with E-state index in [0.29, 0.717) is 54.0 Å². The summed E-state index contributed by atoms with van der Waals surface area (Å²) in [6, 6.07) is 7.02. The Labute approximate surface area is 180 Å². The van der Waals surface area contributed by atoms with Crippen molar-refractivity contribution in [3.05, 3.63) is 59.7 Å². The van der Waals surface area contributed by atoms with E-state index in [1.54, 1.807) is 69.1 Å². The lowest BCUT2D eigenvalue weighted by Crippen LogP contribution is -2.36. The van der Waals surface area contributed by atoms with Gasteiger partial charge in [0.25, 0.3) is 5.91 Å². The lowest BCUT2D eigenvalue weighted by atomic mass is 10.1. The summed E-state index contributed by atoms with van der Waals surface area (Å²) >= 11 is 0. The first-order valence-corrected chi connectivity index (χ1v) is 9.74. The minimum atomic E-state index is -0.0207. The number of anilines is 2. The molecule has 2 aromatic heterocycles. The molecule has 1 aliphatic rings. The summed E-state index contributed by atoms with van der Waals surface area (Å²) in [5.41, 5.74) is 3.19. The van der Waals surface area contributed by atoms with Crippen LogP contribution in [0.3, 0.4) is 0 Å². The van der Waals surface area contributed by atoms with Gasteiger partial charge in [0.15, 0.2) is 11.5 Å². The van der Waals surface area contributed by atoms with E-state index in [1.807, 2.05) is 0 Å². The SMILES string of the molecule is COc1cc(Nc2ncc3c(n2)CCN(C(=O)c2ccncc2)C3)cc(OC)c1OC. The summed E-state index contributed by atoms with van der Waals surface area (Å²) in [5, 5.41) is 3.19. The second kappa shape index (κ2) is 8.86. The molecule has 0 fully saturated rings. The predicted octanol–water partition coefficient (Wildman–Crippen LogP) is 2.84. The molecule has 0 saturated heterocycles. The molecule has 0 unspecified atom stereocenters. The number of fused-ring (bicyclic) bond motifs is 1. The van der Waals surface area contributed by atoms with Gasteiger partial charge in [-0.25, -0.2) is 9.97 Å². The highest BCUT2D eigenvalue weighted by Crippen LogP contribution is 2.40. The molecule has 3 heterocycles. The maximum absolute atomic E-state index is 12.7. The molecule has 31 heavy (non-hydrogen) atoms. The lowest BCUT2D eigenvalue weighted by Gasteiger charge is -2.28. The zero-order valence-corrected chi connectivity index (χ0v) is 17.6. The number of rotatable bonds is 6. The van der Waals surface area contributed by atoms with Crippen molar-refractivity contribution in [2.75, 3.05) is 33.2 Å². The van der Waals surface area contributed by atoms with E-state index in [0.717, 1.165) is 11.3 Å². The Morgan fingerprint density at radius 2 is 1.77 bits per heavy atom. The molecule has 160 valence electrons. The Hall–Kier alpha value is -3.88. The number of carbonyl (C=O) groups excluding carboxylic acids is 1. The van der Waals surface area contributed by atoms with Crippen molar-refractivity contribution < 1.29 is 19.0 Å². The number of nitrogens with one attached hydrogen (secondary N) is 1. The number of methoxy groups -OCH3 is 3. The van der Waals surface area contributed by atoms with E-state index in [-0.39, 0.29) is 5.91 Å². The van der Waals surface area contributed by atoms with Gasteiger partial charge in [0.1, 0.15) is 0 Å². The molecule has 1 aliphatic heterocycles. The molecule has 9 heteroatoms. The van der Waals surface area contributed by atoms with Crippen molar-refractivity contribution in [1.29, 1.82) is 0 Å². The molecular formula is C22H23N5O4. The zero-order valence-electron chi connectivity index (χ0n) is 17.6. The topological polar surface area (TPSA) is 98.7 Å². The van der Waals surface area contributed by atoms with Crippen molar-refractivity contribution in [2.24, 2.45) is 0 Å². The molecule has 3 aromatic rings. The molecule has 1 amide bonds. The van der Waals surface area contributed by atoms with Crippen LogP contribution in [0.2, 0.25) is 0 Å². The summed E-state index contributed by atoms with van der Waals surface area (Å²) in [4.78, 5) is 27.5. The third kappa shape index (κ3) is 4.20. The number of amides is 1. The van der Waals surface area contributed by atoms with Gasteiger partial charge in [-0.2, -0.15) is 0 Å². The summed E-state index contributed by atoms with van der Waals surface area (Å²) in [7, 11) is 4.69. The third-order valence-corrected chi connectivity index (χ3v) is 5.07. The van der Waals surface area contributed by atoms with Crippen molar-refractivity contribution in [3.63, 3.8) is 0 Å². The van der Waals surface area contributed by atoms with Gasteiger partial charge in [-0.3, -0.25) is 9.78 Å². The lowest BCUT2D eigenvalue weighted by molar-refractivity contribution is 0.0733. The quantitative estimate of drug-likeness (QED) is 0.649. The van der Waals surface area contributed by atoms with Crippen LogP contribution in [0.5, 0.6) is 17.2 Å². The summed E-state index contributed by atoms with van der Waals surface area (Å²) in [6.07, 6.45) is 5.65.